The molecule has 0 aliphatic carbocycles. The summed E-state index contributed by atoms with van der Waals surface area (Å²) in [6.07, 6.45) is 11.8. The molecular formula is C51H56F2N8O8S3. The van der Waals surface area contributed by atoms with Crippen molar-refractivity contribution in [3.05, 3.63) is 155 Å². The standard InChI is InChI=1S/C26H29FN4O5S2.C25H27FN4O3S/c1-19-17-29(18-20-6-9-23(27)10-7-20)13-14-30(19)26(32)11-8-22-15-24-21(5-4-12-28-24)16-25(22)31(37(2,33)34)38(3,35)36;1-18-16-29(17-19-5-8-22(26)9-6-19)12-13-30(18)25(31)10-7-21-14-23-20(4-3-11-27-23)15-24(21)28-34(2,32)33/h4-12,15-16,19H,13-14,17-18H2,1-3H3;3-11,14-15,18,28H,12-13,16-17H2,1-2H3/b11-8+;10-7+/t19-;18-/m11/s1. The normalized spacial score (nSPS) is 17.3. The molecule has 16 nitrogen and oxygen atoms in total. The fourth-order valence-corrected chi connectivity index (χ4v) is 12.4. The van der Waals surface area contributed by atoms with E-state index < -0.39 is 30.1 Å². The minimum Gasteiger partial charge on any atom is -0.334 e. The van der Waals surface area contributed by atoms with Crippen molar-refractivity contribution in [3.8, 4) is 0 Å². The molecule has 6 aromatic rings. The van der Waals surface area contributed by atoms with Crippen molar-refractivity contribution < 1.29 is 43.6 Å². The number of carbonyl (C=O) groups excluding carboxylic acids is 2. The van der Waals surface area contributed by atoms with Crippen molar-refractivity contribution in [3.63, 3.8) is 0 Å². The zero-order valence-electron chi connectivity index (χ0n) is 40.4. The number of rotatable bonds is 13. The first kappa shape index (κ1) is 53.2. The maximum Gasteiger partial charge on any atom is 0.246 e. The third-order valence-corrected chi connectivity index (χ3v) is 15.9. The smallest absolute Gasteiger partial charge is 0.246 e. The molecule has 0 bridgehead atoms. The maximum absolute atomic E-state index is 13.2. The van der Waals surface area contributed by atoms with Crippen molar-refractivity contribution in [1.82, 2.24) is 29.6 Å². The van der Waals surface area contributed by atoms with E-state index in [9.17, 15) is 43.6 Å². The third kappa shape index (κ3) is 14.1. The predicted octanol–water partition coefficient (Wildman–Crippen LogP) is 6.34. The van der Waals surface area contributed by atoms with Crippen LogP contribution in [0.5, 0.6) is 0 Å². The molecule has 0 saturated carbocycles. The first-order valence-electron chi connectivity index (χ1n) is 22.9. The molecule has 1 N–H and O–H groups in total. The lowest BCUT2D eigenvalue weighted by Gasteiger charge is -2.39. The van der Waals surface area contributed by atoms with E-state index >= 15 is 0 Å². The number of nitrogens with zero attached hydrogens (tertiary/aromatic N) is 7. The quantitative estimate of drug-likeness (QED) is 0.127. The predicted molar refractivity (Wildman–Crippen MR) is 278 cm³/mol. The van der Waals surface area contributed by atoms with Gasteiger partial charge in [-0.15, -0.1) is 0 Å². The van der Waals surface area contributed by atoms with Crippen LogP contribution in [0.15, 0.2) is 122 Å². The molecule has 4 heterocycles. The van der Waals surface area contributed by atoms with Crippen LogP contribution in [0.4, 0.5) is 20.2 Å². The second-order valence-corrected chi connectivity index (χ2v) is 23.6. The van der Waals surface area contributed by atoms with Gasteiger partial charge in [0.25, 0.3) is 0 Å². The van der Waals surface area contributed by atoms with Gasteiger partial charge in [0, 0.05) is 111 Å². The van der Waals surface area contributed by atoms with E-state index in [1.54, 1.807) is 88.9 Å². The minimum absolute atomic E-state index is 0.00164. The van der Waals surface area contributed by atoms with Crippen molar-refractivity contribution in [2.24, 2.45) is 0 Å². The van der Waals surface area contributed by atoms with Crippen LogP contribution in [0.1, 0.15) is 36.1 Å². The Balaban J connectivity index is 0.000000213. The van der Waals surface area contributed by atoms with Crippen molar-refractivity contribution in [2.45, 2.75) is 39.0 Å². The van der Waals surface area contributed by atoms with Gasteiger partial charge in [0.15, 0.2) is 0 Å². The lowest BCUT2D eigenvalue weighted by molar-refractivity contribution is -0.131. The Morgan fingerprint density at radius 3 is 1.49 bits per heavy atom. The molecule has 8 rings (SSSR count). The zero-order chi connectivity index (χ0) is 52.0. The lowest BCUT2D eigenvalue weighted by atomic mass is 10.1. The second kappa shape index (κ2) is 22.4. The molecule has 2 fully saturated rings. The largest absolute Gasteiger partial charge is 0.334 e. The average molecular weight is 1040 g/mol. The summed E-state index contributed by atoms with van der Waals surface area (Å²) in [7, 11) is -11.9. The number of hydrogen-bond donors (Lipinski definition) is 1. The Bertz CT molecular complexity index is 3330. The van der Waals surface area contributed by atoms with E-state index in [0.29, 0.717) is 83.7 Å². The van der Waals surface area contributed by atoms with Gasteiger partial charge in [0.1, 0.15) is 11.6 Å². The van der Waals surface area contributed by atoms with Crippen LogP contribution < -0.4 is 8.43 Å². The van der Waals surface area contributed by atoms with Crippen LogP contribution in [-0.2, 0) is 52.7 Å². The highest BCUT2D eigenvalue weighted by Crippen LogP contribution is 2.32. The fourth-order valence-electron chi connectivity index (χ4n) is 8.80. The number of pyridine rings is 2. The third-order valence-electron chi connectivity index (χ3n) is 12.1. The zero-order valence-corrected chi connectivity index (χ0v) is 42.8. The molecule has 2 aromatic heterocycles. The van der Waals surface area contributed by atoms with E-state index in [1.165, 1.54) is 48.6 Å². The van der Waals surface area contributed by atoms with Crippen LogP contribution in [0.2, 0.25) is 0 Å². The number of amides is 2. The minimum atomic E-state index is -4.20. The van der Waals surface area contributed by atoms with Crippen LogP contribution in [0.3, 0.4) is 0 Å². The summed E-state index contributed by atoms with van der Waals surface area (Å²) in [6.45, 7) is 8.98. The van der Waals surface area contributed by atoms with Crippen LogP contribution in [0.25, 0.3) is 34.0 Å². The number of piperazine rings is 2. The number of anilines is 2. The van der Waals surface area contributed by atoms with Crippen molar-refractivity contribution >= 4 is 87.2 Å². The first-order valence-corrected chi connectivity index (χ1v) is 28.5. The summed E-state index contributed by atoms with van der Waals surface area (Å²) in [5.41, 5.74) is 4.34. The number of halogens is 2. The Kier molecular flexibility index (Phi) is 16.5. The van der Waals surface area contributed by atoms with Gasteiger partial charge in [-0.05, 0) is 97.8 Å². The number of nitrogens with one attached hydrogen (secondary N) is 1. The second-order valence-electron chi connectivity index (χ2n) is 18.0. The highest BCUT2D eigenvalue weighted by atomic mass is 32.3. The SMILES string of the molecule is C[C@@H]1CN(Cc2ccc(F)cc2)CCN1C(=O)/C=C/c1cc2ncccc2cc1N(S(C)(=O)=O)S(C)(=O)=O.C[C@@H]1CN(Cc2ccc(F)cc2)CCN1C(=O)/C=C/c1cc2ncccc2cc1NS(C)(=O)=O. The Morgan fingerprint density at radius 1 is 0.625 bits per heavy atom. The summed E-state index contributed by atoms with van der Waals surface area (Å²) in [6, 6.07) is 26.1. The van der Waals surface area contributed by atoms with E-state index in [-0.39, 0.29) is 46.8 Å². The van der Waals surface area contributed by atoms with Crippen molar-refractivity contribution in [2.75, 3.05) is 66.5 Å². The Morgan fingerprint density at radius 2 is 1.06 bits per heavy atom. The molecule has 2 amide bonds. The molecule has 21 heteroatoms. The summed E-state index contributed by atoms with van der Waals surface area (Å²) in [5, 5.41) is 1.34. The number of aromatic nitrogens is 2. The molecule has 72 heavy (non-hydrogen) atoms. The van der Waals surface area contributed by atoms with Gasteiger partial charge in [-0.25, -0.2) is 34.0 Å². The van der Waals surface area contributed by atoms with E-state index in [1.807, 2.05) is 19.9 Å². The van der Waals surface area contributed by atoms with Gasteiger partial charge in [-0.2, -0.15) is 3.71 Å². The fraction of sp³-hybridized carbons (Fsp3) is 0.294. The molecular weight excluding hydrogens is 987 g/mol. The number of sulfonamides is 3. The molecule has 2 aliphatic rings. The maximum atomic E-state index is 13.2. The number of hydrogen-bond acceptors (Lipinski definition) is 12. The Labute approximate surface area is 419 Å². The van der Waals surface area contributed by atoms with Gasteiger partial charge in [-0.3, -0.25) is 34.1 Å². The summed E-state index contributed by atoms with van der Waals surface area (Å²) < 4.78 is 103. The molecule has 2 saturated heterocycles. The van der Waals surface area contributed by atoms with Gasteiger partial charge >= 0.3 is 0 Å². The number of benzene rings is 4. The lowest BCUT2D eigenvalue weighted by Crippen LogP contribution is -2.53. The average Bonchev–Trinajstić information content (AvgIpc) is 3.30. The van der Waals surface area contributed by atoms with Gasteiger partial charge in [0.2, 0.25) is 41.9 Å². The molecule has 2 aliphatic heterocycles. The number of carbonyl (C=O) groups is 2. The molecule has 0 spiro atoms. The first-order chi connectivity index (χ1) is 34.0. The highest BCUT2D eigenvalue weighted by molar-refractivity contribution is 8.09. The summed E-state index contributed by atoms with van der Waals surface area (Å²) in [4.78, 5) is 42.6. The molecule has 2 atom stereocenters. The van der Waals surface area contributed by atoms with E-state index in [4.69, 9.17) is 0 Å². The summed E-state index contributed by atoms with van der Waals surface area (Å²) >= 11 is 0. The topological polar surface area (TPSA) is 191 Å². The van der Waals surface area contributed by atoms with Crippen LogP contribution in [0, 0.1) is 11.6 Å². The van der Waals surface area contributed by atoms with Crippen LogP contribution >= 0.6 is 0 Å². The molecule has 380 valence electrons. The van der Waals surface area contributed by atoms with Crippen LogP contribution in [-0.4, -0.2) is 137 Å². The van der Waals surface area contributed by atoms with E-state index in [0.717, 1.165) is 35.3 Å². The number of fused-ring (bicyclic) bond motifs is 2. The molecule has 0 radical (unpaired) electrons. The molecule has 0 unspecified atom stereocenters. The highest BCUT2D eigenvalue weighted by Gasteiger charge is 2.31. The Hall–Kier alpha value is -6.65. The summed E-state index contributed by atoms with van der Waals surface area (Å²) in [5.74, 6) is -0.959. The monoisotopic (exact) mass is 1040 g/mol. The molecule has 4 aromatic carbocycles. The van der Waals surface area contributed by atoms with Gasteiger partial charge in [-0.1, -0.05) is 36.4 Å². The van der Waals surface area contributed by atoms with Crippen molar-refractivity contribution in [1.29, 1.82) is 0 Å². The van der Waals surface area contributed by atoms with Gasteiger partial charge in [0.05, 0.1) is 41.2 Å². The van der Waals surface area contributed by atoms with E-state index in [2.05, 4.69) is 24.5 Å². The van der Waals surface area contributed by atoms with Gasteiger partial charge < -0.3 is 9.80 Å².